The molecule has 1 saturated heterocycles. The number of methoxy groups -OCH3 is 2. The largest absolute Gasteiger partial charge is 0.490 e. The summed E-state index contributed by atoms with van der Waals surface area (Å²) in [5, 5.41) is 20.4. The van der Waals surface area contributed by atoms with Gasteiger partial charge in [-0.3, -0.25) is 0 Å². The molecule has 0 saturated carbocycles. The Labute approximate surface area is 442 Å². The van der Waals surface area contributed by atoms with E-state index in [0.29, 0.717) is 40.3 Å². The quantitative estimate of drug-likeness (QED) is 0.104. The summed E-state index contributed by atoms with van der Waals surface area (Å²) in [6, 6.07) is 16.4. The van der Waals surface area contributed by atoms with Crippen molar-refractivity contribution in [2.45, 2.75) is 89.0 Å². The first kappa shape index (κ1) is 56.3. The Morgan fingerprint density at radius 1 is 0.689 bits per heavy atom. The minimum absolute atomic E-state index is 0.156. The van der Waals surface area contributed by atoms with E-state index in [0.717, 1.165) is 40.2 Å². The van der Waals surface area contributed by atoms with E-state index in [9.17, 15) is 36.5 Å². The van der Waals surface area contributed by atoms with E-state index in [1.165, 1.54) is 42.3 Å². The molecule has 0 spiro atoms. The van der Waals surface area contributed by atoms with Gasteiger partial charge in [-0.25, -0.2) is 44.3 Å². The van der Waals surface area contributed by atoms with Gasteiger partial charge < -0.3 is 38.5 Å². The SMILES string of the molecule is CB(O)N1CC=C(B2OC(C)(C)C(C)(C)O2)CC1.COC(=O)c1cnc2c(c1)c(Br)cn2S(=O)(=O)c1ccc(C)cc1.COC(=O)c1cnc2c(c1)c(C1=CCN(B(C)O)CC1)cn2S(=O)(=O)c1ccc(C)cc1. The normalized spacial score (nSPS) is 16.9. The van der Waals surface area contributed by atoms with E-state index < -0.39 is 39.0 Å². The van der Waals surface area contributed by atoms with Crippen LogP contribution in [0.5, 0.6) is 0 Å². The van der Waals surface area contributed by atoms with E-state index in [4.69, 9.17) is 14.0 Å². The second-order valence-electron chi connectivity index (χ2n) is 19.3. The number of hydrogen-bond acceptors (Lipinski definition) is 16. The van der Waals surface area contributed by atoms with Crippen LogP contribution in [0, 0.1) is 13.8 Å². The molecule has 0 unspecified atom stereocenters. The maximum Gasteiger partial charge on any atom is 0.490 e. The van der Waals surface area contributed by atoms with Crippen LogP contribution < -0.4 is 0 Å². The van der Waals surface area contributed by atoms with Gasteiger partial charge in [-0.05, 0) is 144 Å². The van der Waals surface area contributed by atoms with E-state index in [-0.39, 0.29) is 57.6 Å². The first-order chi connectivity index (χ1) is 34.8. The van der Waals surface area contributed by atoms with Crippen LogP contribution in [0.1, 0.15) is 77.9 Å². The molecule has 0 atom stereocenters. The van der Waals surface area contributed by atoms with E-state index in [1.807, 2.05) is 29.5 Å². The molecule has 3 aliphatic rings. The lowest BCUT2D eigenvalue weighted by Crippen LogP contribution is -2.41. The first-order valence-corrected chi connectivity index (χ1v) is 27.5. The third kappa shape index (κ3) is 11.8. The number of rotatable bonds is 10. The summed E-state index contributed by atoms with van der Waals surface area (Å²) in [4.78, 5) is 36.4. The number of aryl methyl sites for hydroxylation is 2. The summed E-state index contributed by atoms with van der Waals surface area (Å²) in [7, 11) is -6.32. The summed E-state index contributed by atoms with van der Waals surface area (Å²) in [5.74, 6) is -1.08. The Bertz CT molecular complexity index is 3350. The summed E-state index contributed by atoms with van der Waals surface area (Å²) in [6.07, 6.45) is 11.2. The van der Waals surface area contributed by atoms with Crippen molar-refractivity contribution in [3.05, 3.63) is 135 Å². The van der Waals surface area contributed by atoms with Gasteiger partial charge in [0.1, 0.15) is 0 Å². The molecule has 4 aromatic heterocycles. The molecule has 0 amide bonds. The van der Waals surface area contributed by atoms with Crippen molar-refractivity contribution >= 4 is 96.8 Å². The zero-order valence-corrected chi connectivity index (χ0v) is 46.3. The molecule has 390 valence electrons. The van der Waals surface area contributed by atoms with Crippen molar-refractivity contribution in [1.29, 1.82) is 0 Å². The van der Waals surface area contributed by atoms with Gasteiger partial charge in [0, 0.05) is 58.7 Å². The van der Waals surface area contributed by atoms with Crippen LogP contribution in [0.3, 0.4) is 0 Å². The van der Waals surface area contributed by atoms with Crippen LogP contribution >= 0.6 is 15.9 Å². The lowest BCUT2D eigenvalue weighted by Gasteiger charge is -2.32. The van der Waals surface area contributed by atoms with E-state index in [2.05, 4.69) is 64.4 Å². The third-order valence-corrected chi connectivity index (χ3v) is 17.6. The number of carbonyl (C=O) groups excluding carboxylic acids is 2. The van der Waals surface area contributed by atoms with Gasteiger partial charge in [-0.2, -0.15) is 0 Å². The molecule has 2 N–H and O–H groups in total. The van der Waals surface area contributed by atoms with Gasteiger partial charge >= 0.3 is 33.2 Å². The summed E-state index contributed by atoms with van der Waals surface area (Å²) >= 11 is 3.32. The second-order valence-corrected chi connectivity index (χ2v) is 23.8. The van der Waals surface area contributed by atoms with Gasteiger partial charge in [0.2, 0.25) is 0 Å². The number of carbonyl (C=O) groups is 2. The fourth-order valence-electron chi connectivity index (χ4n) is 8.37. The highest BCUT2D eigenvalue weighted by molar-refractivity contribution is 9.10. The third-order valence-electron chi connectivity index (χ3n) is 13.6. The number of pyridine rings is 2. The Morgan fingerprint density at radius 2 is 1.12 bits per heavy atom. The highest BCUT2D eigenvalue weighted by Crippen LogP contribution is 2.40. The number of aromatic nitrogens is 4. The van der Waals surface area contributed by atoms with Gasteiger partial charge in [0.15, 0.2) is 11.3 Å². The molecule has 0 aliphatic carbocycles. The maximum absolute atomic E-state index is 13.4. The average molecular weight is 1110 g/mol. The van der Waals surface area contributed by atoms with Crippen LogP contribution in [-0.2, 0) is 38.8 Å². The Balaban J connectivity index is 0.000000169. The number of nitrogens with zero attached hydrogens (tertiary/aromatic N) is 6. The smallest absolute Gasteiger partial charge is 0.465 e. The number of hydrogen-bond donors (Lipinski definition) is 2. The summed E-state index contributed by atoms with van der Waals surface area (Å²) < 4.78 is 76.9. The summed E-state index contributed by atoms with van der Waals surface area (Å²) in [5.41, 5.74) is 5.16. The molecular formula is C50H60B3BrN6O12S2. The van der Waals surface area contributed by atoms with Crippen LogP contribution in [0.2, 0.25) is 13.6 Å². The van der Waals surface area contributed by atoms with Crippen molar-refractivity contribution in [3.63, 3.8) is 0 Å². The molecule has 0 radical (unpaired) electrons. The van der Waals surface area contributed by atoms with E-state index in [1.54, 1.807) is 80.5 Å². The van der Waals surface area contributed by atoms with Crippen LogP contribution in [0.4, 0.5) is 0 Å². The molecule has 9 rings (SSSR count). The Hall–Kier alpha value is -5.43. The van der Waals surface area contributed by atoms with Crippen LogP contribution in [0.15, 0.2) is 117 Å². The maximum atomic E-state index is 13.4. The topological polar surface area (TPSA) is 222 Å². The van der Waals surface area contributed by atoms with Gasteiger partial charge in [-0.15, -0.1) is 0 Å². The van der Waals surface area contributed by atoms with Gasteiger partial charge in [-0.1, -0.05) is 47.5 Å². The molecule has 1 fully saturated rings. The Morgan fingerprint density at radius 3 is 1.54 bits per heavy atom. The minimum atomic E-state index is -3.90. The minimum Gasteiger partial charge on any atom is -0.465 e. The number of benzene rings is 2. The standard InChI is InChI=1S/C22H24BN3O5S.C16H13BrN2O4S.C12H23B2NO3/c1-15-4-6-18(7-5-15)32(29,30)26-14-20(16-8-10-25(11-9-16)23(2)28)19-12-17(22(27)31-3)13-24-21(19)26;1-10-3-5-12(6-4-10)24(21,22)19-9-14(17)13-7-11(16(20)23-2)8-18-15(13)19;1-11(2)12(3,4)18-14(17-11)10-6-8-15(9-7-10)13(5)16/h4-8,12-14,28H,9-11H2,1-3H3;3-9H,1-2H3;6,16H,7-9H2,1-5H3. The number of fused-ring (bicyclic) bond motifs is 2. The molecule has 6 aromatic rings. The molecular weight excluding hydrogens is 1050 g/mol. The highest BCUT2D eigenvalue weighted by Gasteiger charge is 2.52. The van der Waals surface area contributed by atoms with Crippen molar-refractivity contribution in [2.75, 3.05) is 40.4 Å². The summed E-state index contributed by atoms with van der Waals surface area (Å²) in [6.45, 7) is 18.3. The molecule has 7 heterocycles. The number of esters is 2. The molecule has 24 heteroatoms. The van der Waals surface area contributed by atoms with Gasteiger partial charge in [0.25, 0.3) is 20.0 Å². The zero-order valence-electron chi connectivity index (χ0n) is 43.1. The molecule has 3 aliphatic heterocycles. The van der Waals surface area contributed by atoms with Crippen LogP contribution in [0.25, 0.3) is 27.6 Å². The highest BCUT2D eigenvalue weighted by atomic mass is 79.9. The Kier molecular flexibility index (Phi) is 17.1. The lowest BCUT2D eigenvalue weighted by atomic mass is 9.72. The fourth-order valence-corrected chi connectivity index (χ4v) is 11.6. The lowest BCUT2D eigenvalue weighted by molar-refractivity contribution is 0.00578. The fraction of sp³-hybridized carbons (Fsp3) is 0.360. The monoisotopic (exact) mass is 1110 g/mol. The second kappa shape index (κ2) is 22.4. The predicted octanol–water partition coefficient (Wildman–Crippen LogP) is 7.06. The van der Waals surface area contributed by atoms with Gasteiger partial charge in [0.05, 0.1) is 46.3 Å². The zero-order chi connectivity index (χ0) is 54.1. The molecule has 0 bridgehead atoms. The average Bonchev–Trinajstić information content (AvgIpc) is 4.01. The number of halogens is 1. The van der Waals surface area contributed by atoms with Crippen LogP contribution in [-0.4, -0.2) is 139 Å². The molecule has 74 heavy (non-hydrogen) atoms. The predicted molar refractivity (Wildman–Crippen MR) is 290 cm³/mol. The van der Waals surface area contributed by atoms with Crippen molar-refractivity contribution in [2.24, 2.45) is 0 Å². The van der Waals surface area contributed by atoms with Crippen molar-refractivity contribution in [1.82, 2.24) is 27.5 Å². The first-order valence-electron chi connectivity index (χ1n) is 23.9. The van der Waals surface area contributed by atoms with E-state index >= 15 is 0 Å². The van der Waals surface area contributed by atoms with Crippen molar-refractivity contribution in [3.8, 4) is 0 Å². The number of ether oxygens (including phenoxy) is 2. The van der Waals surface area contributed by atoms with Crippen molar-refractivity contribution < 1.29 is 55.3 Å². The molecule has 2 aromatic carbocycles. The molecule has 18 nitrogen and oxygen atoms in total.